The van der Waals surface area contributed by atoms with Crippen molar-refractivity contribution in [1.29, 1.82) is 0 Å². The van der Waals surface area contributed by atoms with Crippen LogP contribution in [0.2, 0.25) is 0 Å². The van der Waals surface area contributed by atoms with Crippen LogP contribution in [0.1, 0.15) is 60.9 Å². The van der Waals surface area contributed by atoms with Crippen molar-refractivity contribution in [2.24, 2.45) is 0 Å². The molecule has 8 nitrogen and oxygen atoms in total. The second-order valence-electron chi connectivity index (χ2n) is 12.7. The summed E-state index contributed by atoms with van der Waals surface area (Å²) in [6.07, 6.45) is 4.28. The molecule has 228 valence electrons. The van der Waals surface area contributed by atoms with Crippen LogP contribution in [0.15, 0.2) is 89.9 Å². The first-order chi connectivity index (χ1) is 21.8. The van der Waals surface area contributed by atoms with Gasteiger partial charge in [-0.2, -0.15) is 4.98 Å². The van der Waals surface area contributed by atoms with Crippen LogP contribution in [-0.4, -0.2) is 33.4 Å². The molecule has 1 saturated heterocycles. The van der Waals surface area contributed by atoms with Crippen LogP contribution in [0.25, 0.3) is 11.0 Å². The van der Waals surface area contributed by atoms with Crippen LogP contribution >= 0.6 is 0 Å². The number of hydrogen-bond acceptors (Lipinski definition) is 7. The Balaban J connectivity index is 1.33. The summed E-state index contributed by atoms with van der Waals surface area (Å²) in [4.78, 5) is 37.8. The lowest BCUT2D eigenvalue weighted by molar-refractivity contribution is -0.124. The van der Waals surface area contributed by atoms with E-state index < -0.39 is 17.0 Å². The molecule has 5 aromatic rings. The number of carbonyl (C=O) groups is 1. The first-order valence-corrected chi connectivity index (χ1v) is 15.6. The number of Topliss-reactive ketones (excluding diaryl/α,β-unsaturated/α-hetero) is 1. The molecular formula is C37H37N5O3. The molecule has 2 unspecified atom stereocenters. The molecule has 3 heterocycles. The number of hydrogen-bond donors (Lipinski definition) is 2. The van der Waals surface area contributed by atoms with E-state index in [9.17, 15) is 9.59 Å². The van der Waals surface area contributed by atoms with E-state index in [0.29, 0.717) is 28.6 Å². The van der Waals surface area contributed by atoms with Gasteiger partial charge in [0.25, 0.3) is 5.56 Å². The summed E-state index contributed by atoms with van der Waals surface area (Å²) in [6, 6.07) is 24.7. The number of anilines is 2. The zero-order valence-electron chi connectivity index (χ0n) is 25.8. The summed E-state index contributed by atoms with van der Waals surface area (Å²) in [5, 5.41) is 7.40. The molecule has 2 aliphatic rings. The van der Waals surface area contributed by atoms with Gasteiger partial charge in [-0.15, -0.1) is 0 Å². The van der Waals surface area contributed by atoms with Gasteiger partial charge in [0, 0.05) is 35.7 Å². The van der Waals surface area contributed by atoms with E-state index in [0.717, 1.165) is 35.5 Å². The number of benzene rings is 3. The number of nitrogens with zero attached hydrogens (tertiary/aromatic N) is 3. The predicted octanol–water partition coefficient (Wildman–Crippen LogP) is 6.75. The average Bonchev–Trinajstić information content (AvgIpc) is 3.04. The summed E-state index contributed by atoms with van der Waals surface area (Å²) in [5.41, 5.74) is 4.36. The largest absolute Gasteiger partial charge is 0.451 e. The molecule has 2 aromatic heterocycles. The van der Waals surface area contributed by atoms with Crippen molar-refractivity contribution in [3.05, 3.63) is 118 Å². The molecule has 1 aliphatic heterocycles. The van der Waals surface area contributed by atoms with Crippen molar-refractivity contribution >= 4 is 28.5 Å². The van der Waals surface area contributed by atoms with Gasteiger partial charge >= 0.3 is 0 Å². The fourth-order valence-electron chi connectivity index (χ4n) is 6.97. The van der Waals surface area contributed by atoms with Gasteiger partial charge in [0.2, 0.25) is 5.95 Å². The van der Waals surface area contributed by atoms with Crippen LogP contribution < -0.4 is 20.9 Å². The number of aryl methyl sites for hydroxylation is 1. The third-order valence-electron chi connectivity index (χ3n) is 9.31. The molecule has 1 fully saturated rings. The van der Waals surface area contributed by atoms with Crippen molar-refractivity contribution in [1.82, 2.24) is 19.9 Å². The van der Waals surface area contributed by atoms with Gasteiger partial charge in [0.15, 0.2) is 11.5 Å². The monoisotopic (exact) mass is 599 g/mol. The molecule has 2 atom stereocenters. The molecular weight excluding hydrogens is 562 g/mol. The summed E-state index contributed by atoms with van der Waals surface area (Å²) in [5.74, 6) is 1.51. The van der Waals surface area contributed by atoms with E-state index in [1.54, 1.807) is 12.3 Å². The van der Waals surface area contributed by atoms with Crippen molar-refractivity contribution in [3.8, 4) is 11.5 Å². The van der Waals surface area contributed by atoms with E-state index in [-0.39, 0.29) is 18.0 Å². The molecule has 0 amide bonds. The number of para-hydroxylation sites is 1. The van der Waals surface area contributed by atoms with Gasteiger partial charge < -0.3 is 15.4 Å². The number of rotatable bonds is 6. The summed E-state index contributed by atoms with van der Waals surface area (Å²) in [7, 11) is 0. The van der Waals surface area contributed by atoms with E-state index in [1.165, 1.54) is 23.0 Å². The minimum Gasteiger partial charge on any atom is -0.451 e. The number of fused-ring (bicyclic) bond motifs is 2. The highest BCUT2D eigenvalue weighted by Crippen LogP contribution is 2.43. The molecule has 1 aliphatic carbocycles. The van der Waals surface area contributed by atoms with E-state index in [1.807, 2.05) is 81.4 Å². The van der Waals surface area contributed by atoms with Crippen LogP contribution in [0.5, 0.6) is 11.5 Å². The van der Waals surface area contributed by atoms with Crippen molar-refractivity contribution in [3.63, 3.8) is 0 Å². The standard InChI is InChI=1S/C37H37N5O3/c1-23-9-4-7-13-31(23)45-32-20-27-22-39-36(40-28-16-14-24(15-17-28)26-11-8-18-38-21-26)41-34(27)42(35(32)44)33-30(43)19-25-10-5-6-12-29(25)37(33,2)3/h4-7,9-10,12-17,20,22,26,33,38H,8,11,18-19,21H2,1-3H3,(H,39,40,41). The fourth-order valence-corrected chi connectivity index (χ4v) is 6.97. The number of nitrogens with one attached hydrogen (secondary N) is 2. The lowest BCUT2D eigenvalue weighted by Gasteiger charge is -2.40. The average molecular weight is 600 g/mol. The molecule has 3 aromatic carbocycles. The summed E-state index contributed by atoms with van der Waals surface area (Å²) < 4.78 is 7.75. The topological polar surface area (TPSA) is 98.1 Å². The van der Waals surface area contributed by atoms with Crippen molar-refractivity contribution < 1.29 is 9.53 Å². The van der Waals surface area contributed by atoms with Crippen molar-refractivity contribution in [2.45, 2.75) is 57.4 Å². The lowest BCUT2D eigenvalue weighted by Crippen LogP contribution is -2.46. The maximum atomic E-state index is 14.4. The molecule has 0 radical (unpaired) electrons. The van der Waals surface area contributed by atoms with E-state index in [2.05, 4.69) is 27.8 Å². The van der Waals surface area contributed by atoms with E-state index >= 15 is 0 Å². The molecule has 0 saturated carbocycles. The summed E-state index contributed by atoms with van der Waals surface area (Å²) in [6.45, 7) is 8.04. The highest BCUT2D eigenvalue weighted by molar-refractivity contribution is 5.91. The first kappa shape index (κ1) is 28.9. The Labute approximate surface area is 262 Å². The molecule has 2 N–H and O–H groups in total. The highest BCUT2D eigenvalue weighted by Gasteiger charge is 2.44. The van der Waals surface area contributed by atoms with Gasteiger partial charge in [-0.05, 0) is 78.7 Å². The zero-order chi connectivity index (χ0) is 31.1. The zero-order valence-corrected chi connectivity index (χ0v) is 25.8. The second kappa shape index (κ2) is 11.6. The SMILES string of the molecule is Cc1ccccc1Oc1cc2cnc(Nc3ccc(C4CCCNC4)cc3)nc2n(C2C(=O)Cc3ccccc3C2(C)C)c1=O. The molecule has 8 heteroatoms. The number of piperidine rings is 1. The Hall–Kier alpha value is -4.82. The fraction of sp³-hybridized carbons (Fsp3) is 0.297. The van der Waals surface area contributed by atoms with Gasteiger partial charge in [0.05, 0.1) is 0 Å². The Kier molecular flexibility index (Phi) is 7.45. The molecule has 0 bridgehead atoms. The van der Waals surface area contributed by atoms with Crippen LogP contribution in [0.3, 0.4) is 0 Å². The normalized spacial score (nSPS) is 19.2. The maximum absolute atomic E-state index is 14.4. The second-order valence-corrected chi connectivity index (χ2v) is 12.7. The predicted molar refractivity (Wildman–Crippen MR) is 177 cm³/mol. The third-order valence-corrected chi connectivity index (χ3v) is 9.31. The first-order valence-electron chi connectivity index (χ1n) is 15.6. The molecule has 0 spiro atoms. The Morgan fingerprint density at radius 3 is 2.53 bits per heavy atom. The highest BCUT2D eigenvalue weighted by atomic mass is 16.5. The van der Waals surface area contributed by atoms with Gasteiger partial charge in [-0.3, -0.25) is 14.2 Å². The van der Waals surface area contributed by atoms with E-state index in [4.69, 9.17) is 9.72 Å². The molecule has 7 rings (SSSR count). The van der Waals surface area contributed by atoms with Gasteiger partial charge in [-0.25, -0.2) is 4.98 Å². The summed E-state index contributed by atoms with van der Waals surface area (Å²) >= 11 is 0. The number of carbonyl (C=O) groups excluding carboxylic acids is 1. The minimum atomic E-state index is -0.797. The quantitative estimate of drug-likeness (QED) is 0.223. The maximum Gasteiger partial charge on any atom is 0.295 e. The minimum absolute atomic E-state index is 0.0453. The Morgan fingerprint density at radius 1 is 0.978 bits per heavy atom. The van der Waals surface area contributed by atoms with Crippen LogP contribution in [0, 0.1) is 6.92 Å². The van der Waals surface area contributed by atoms with Gasteiger partial charge in [0.1, 0.15) is 17.4 Å². The number of ether oxygens (including phenoxy) is 1. The number of ketones is 1. The molecule has 45 heavy (non-hydrogen) atoms. The van der Waals surface area contributed by atoms with Crippen LogP contribution in [0.4, 0.5) is 11.6 Å². The Bertz CT molecular complexity index is 1960. The lowest BCUT2D eigenvalue weighted by atomic mass is 9.68. The number of pyridine rings is 1. The van der Waals surface area contributed by atoms with Gasteiger partial charge in [-0.1, -0.05) is 68.4 Å². The van der Waals surface area contributed by atoms with Crippen molar-refractivity contribution in [2.75, 3.05) is 18.4 Å². The Morgan fingerprint density at radius 2 is 1.76 bits per heavy atom. The number of aromatic nitrogens is 3. The third kappa shape index (κ3) is 5.40. The van der Waals surface area contributed by atoms with Crippen LogP contribution in [-0.2, 0) is 16.6 Å². The smallest absolute Gasteiger partial charge is 0.295 e.